The molecule has 3 heteroatoms. The highest BCUT2D eigenvalue weighted by atomic mass is 16.5. The molecule has 3 nitrogen and oxygen atoms in total. The summed E-state index contributed by atoms with van der Waals surface area (Å²) in [6, 6.07) is 1.99. The highest BCUT2D eigenvalue weighted by Gasteiger charge is 2.22. The van der Waals surface area contributed by atoms with Gasteiger partial charge in [-0.25, -0.2) is 0 Å². The summed E-state index contributed by atoms with van der Waals surface area (Å²) in [4.78, 5) is 4.21. The van der Waals surface area contributed by atoms with E-state index < -0.39 is 0 Å². The summed E-state index contributed by atoms with van der Waals surface area (Å²) in [5.74, 6) is 1.68. The van der Waals surface area contributed by atoms with Crippen molar-refractivity contribution in [3.63, 3.8) is 0 Å². The Balaban J connectivity index is 2.01. The molecular formula is C11H16N2O. The quantitative estimate of drug-likeness (QED) is 0.788. The number of hydrogen-bond acceptors (Lipinski definition) is 3. The first kappa shape index (κ1) is 9.46. The smallest absolute Gasteiger partial charge is 0.140 e. The predicted octanol–water partition coefficient (Wildman–Crippen LogP) is 1.64. The number of nitrogens with two attached hydrogens (primary N) is 1. The number of nitrogens with zero attached hydrogens (tertiary/aromatic N) is 1. The van der Waals surface area contributed by atoms with Crippen LogP contribution in [0.15, 0.2) is 12.3 Å². The summed E-state index contributed by atoms with van der Waals surface area (Å²) in [7, 11) is 0. The van der Waals surface area contributed by atoms with Crippen molar-refractivity contribution in [3.05, 3.63) is 23.5 Å². The van der Waals surface area contributed by atoms with Crippen molar-refractivity contribution in [1.82, 2.24) is 4.98 Å². The van der Waals surface area contributed by atoms with Gasteiger partial charge < -0.3 is 10.5 Å². The van der Waals surface area contributed by atoms with Crippen LogP contribution in [0.3, 0.4) is 0 Å². The van der Waals surface area contributed by atoms with E-state index in [4.69, 9.17) is 10.5 Å². The van der Waals surface area contributed by atoms with Crippen LogP contribution in [0.2, 0.25) is 0 Å². The van der Waals surface area contributed by atoms with Crippen LogP contribution in [0.1, 0.15) is 24.1 Å². The van der Waals surface area contributed by atoms with Crippen molar-refractivity contribution >= 4 is 0 Å². The van der Waals surface area contributed by atoms with Crippen LogP contribution in [0, 0.1) is 12.8 Å². The third-order valence-electron chi connectivity index (χ3n) is 2.50. The number of pyridine rings is 1. The number of hydrogen-bond donors (Lipinski definition) is 1. The summed E-state index contributed by atoms with van der Waals surface area (Å²) in [5, 5.41) is 0. The molecule has 1 aliphatic rings. The van der Waals surface area contributed by atoms with E-state index in [2.05, 4.69) is 4.98 Å². The van der Waals surface area contributed by atoms with Crippen LogP contribution in [0.5, 0.6) is 5.75 Å². The maximum atomic E-state index is 5.66. The second kappa shape index (κ2) is 3.96. The van der Waals surface area contributed by atoms with Gasteiger partial charge in [0.1, 0.15) is 5.75 Å². The molecule has 0 bridgehead atoms. The molecule has 2 rings (SSSR count). The van der Waals surface area contributed by atoms with E-state index >= 15 is 0 Å². The molecular weight excluding hydrogens is 176 g/mol. The Morgan fingerprint density at radius 2 is 2.36 bits per heavy atom. The topological polar surface area (TPSA) is 48.1 Å². The van der Waals surface area contributed by atoms with E-state index in [1.165, 1.54) is 12.8 Å². The lowest BCUT2D eigenvalue weighted by atomic mass is 10.2. The summed E-state index contributed by atoms with van der Waals surface area (Å²) >= 11 is 0. The van der Waals surface area contributed by atoms with Gasteiger partial charge >= 0.3 is 0 Å². The normalized spacial score (nSPS) is 15.6. The van der Waals surface area contributed by atoms with Crippen molar-refractivity contribution < 1.29 is 4.74 Å². The third-order valence-corrected chi connectivity index (χ3v) is 2.50. The zero-order valence-electron chi connectivity index (χ0n) is 8.49. The van der Waals surface area contributed by atoms with Crippen LogP contribution >= 0.6 is 0 Å². The van der Waals surface area contributed by atoms with Crippen LogP contribution in [0.25, 0.3) is 0 Å². The van der Waals surface area contributed by atoms with Gasteiger partial charge in [-0.1, -0.05) is 0 Å². The average molecular weight is 192 g/mol. The molecule has 1 fully saturated rings. The van der Waals surface area contributed by atoms with Gasteiger partial charge in [0.15, 0.2) is 0 Å². The van der Waals surface area contributed by atoms with Gasteiger partial charge in [0.25, 0.3) is 0 Å². The van der Waals surface area contributed by atoms with E-state index in [-0.39, 0.29) is 0 Å². The molecule has 0 aromatic carbocycles. The number of aryl methyl sites for hydroxylation is 1. The fourth-order valence-electron chi connectivity index (χ4n) is 1.36. The maximum absolute atomic E-state index is 5.66. The zero-order chi connectivity index (χ0) is 9.97. The van der Waals surface area contributed by atoms with Crippen LogP contribution < -0.4 is 10.5 Å². The average Bonchev–Trinajstić information content (AvgIpc) is 2.99. The lowest BCUT2D eigenvalue weighted by Crippen LogP contribution is -2.04. The van der Waals surface area contributed by atoms with Crippen molar-refractivity contribution in [1.29, 1.82) is 0 Å². The fourth-order valence-corrected chi connectivity index (χ4v) is 1.36. The molecule has 1 saturated carbocycles. The first-order valence-electron chi connectivity index (χ1n) is 5.08. The van der Waals surface area contributed by atoms with Gasteiger partial charge in [-0.05, 0) is 37.3 Å². The largest absolute Gasteiger partial charge is 0.491 e. The van der Waals surface area contributed by atoms with E-state index in [1.54, 1.807) is 6.20 Å². The van der Waals surface area contributed by atoms with Gasteiger partial charge in [-0.3, -0.25) is 4.98 Å². The first-order valence-corrected chi connectivity index (χ1v) is 5.08. The summed E-state index contributed by atoms with van der Waals surface area (Å²) in [5.41, 5.74) is 7.54. The van der Waals surface area contributed by atoms with Crippen molar-refractivity contribution in [2.75, 3.05) is 6.61 Å². The Bertz CT molecular complexity index is 321. The minimum absolute atomic E-state index is 0.490. The Hall–Kier alpha value is -1.09. The SMILES string of the molecule is Cc1cc(CN)ncc1OCC1CC1. The highest BCUT2D eigenvalue weighted by Crippen LogP contribution is 2.30. The Morgan fingerprint density at radius 3 is 2.93 bits per heavy atom. The molecule has 76 valence electrons. The van der Waals surface area contributed by atoms with E-state index in [1.807, 2.05) is 13.0 Å². The van der Waals surface area contributed by atoms with Gasteiger partial charge in [-0.15, -0.1) is 0 Å². The lowest BCUT2D eigenvalue weighted by Gasteiger charge is -2.08. The molecule has 0 saturated heterocycles. The summed E-state index contributed by atoms with van der Waals surface area (Å²) in [6.45, 7) is 3.36. The van der Waals surface area contributed by atoms with Gasteiger partial charge in [0, 0.05) is 6.54 Å². The van der Waals surface area contributed by atoms with Crippen molar-refractivity contribution in [3.8, 4) is 5.75 Å². The molecule has 1 aliphatic carbocycles. The number of ether oxygens (including phenoxy) is 1. The predicted molar refractivity (Wildman–Crippen MR) is 55.1 cm³/mol. The molecule has 0 atom stereocenters. The minimum Gasteiger partial charge on any atom is -0.491 e. The summed E-state index contributed by atoms with van der Waals surface area (Å²) < 4.78 is 5.66. The Labute approximate surface area is 84.3 Å². The second-order valence-corrected chi connectivity index (χ2v) is 3.90. The monoisotopic (exact) mass is 192 g/mol. The molecule has 1 aromatic heterocycles. The first-order chi connectivity index (χ1) is 6.79. The molecule has 0 spiro atoms. The Morgan fingerprint density at radius 1 is 1.57 bits per heavy atom. The summed E-state index contributed by atoms with van der Waals surface area (Å²) in [6.07, 6.45) is 4.40. The van der Waals surface area contributed by atoms with Gasteiger partial charge in [0.05, 0.1) is 18.5 Å². The molecule has 0 unspecified atom stereocenters. The molecule has 2 N–H and O–H groups in total. The second-order valence-electron chi connectivity index (χ2n) is 3.90. The molecule has 14 heavy (non-hydrogen) atoms. The minimum atomic E-state index is 0.490. The molecule has 0 radical (unpaired) electrons. The molecule has 0 aliphatic heterocycles. The molecule has 1 aromatic rings. The highest BCUT2D eigenvalue weighted by molar-refractivity contribution is 5.31. The maximum Gasteiger partial charge on any atom is 0.140 e. The number of aromatic nitrogens is 1. The standard InChI is InChI=1S/C11H16N2O/c1-8-4-10(5-12)13-6-11(8)14-7-9-2-3-9/h4,6,9H,2-3,5,7,12H2,1H3. The molecule has 0 amide bonds. The van der Waals surface area contributed by atoms with Crippen LogP contribution in [0.4, 0.5) is 0 Å². The van der Waals surface area contributed by atoms with Crippen LogP contribution in [-0.2, 0) is 6.54 Å². The Kier molecular flexibility index (Phi) is 2.68. The van der Waals surface area contributed by atoms with E-state index in [0.29, 0.717) is 6.54 Å². The van der Waals surface area contributed by atoms with Gasteiger partial charge in [0.2, 0.25) is 0 Å². The van der Waals surface area contributed by atoms with E-state index in [9.17, 15) is 0 Å². The zero-order valence-corrected chi connectivity index (χ0v) is 8.49. The molecule has 1 heterocycles. The van der Waals surface area contributed by atoms with E-state index in [0.717, 1.165) is 29.5 Å². The van der Waals surface area contributed by atoms with Gasteiger partial charge in [-0.2, -0.15) is 0 Å². The van der Waals surface area contributed by atoms with Crippen molar-refractivity contribution in [2.45, 2.75) is 26.3 Å². The fraction of sp³-hybridized carbons (Fsp3) is 0.545. The third kappa shape index (κ3) is 2.23. The lowest BCUT2D eigenvalue weighted by molar-refractivity contribution is 0.296. The number of rotatable bonds is 4. The van der Waals surface area contributed by atoms with Crippen LogP contribution in [-0.4, -0.2) is 11.6 Å². The van der Waals surface area contributed by atoms with Crippen molar-refractivity contribution in [2.24, 2.45) is 11.7 Å².